The summed E-state index contributed by atoms with van der Waals surface area (Å²) in [5, 5.41) is 6.51. The first-order valence-corrected chi connectivity index (χ1v) is 7.78. The van der Waals surface area contributed by atoms with E-state index in [0.29, 0.717) is 11.6 Å². The van der Waals surface area contributed by atoms with Crippen LogP contribution in [-0.2, 0) is 6.42 Å². The van der Waals surface area contributed by atoms with Gasteiger partial charge < -0.3 is 10.6 Å². The minimum Gasteiger partial charge on any atom is -0.338 e. The van der Waals surface area contributed by atoms with Crippen LogP contribution in [0, 0.1) is 6.92 Å². The molecule has 1 atom stereocenters. The molecule has 0 fully saturated rings. The molecule has 2 rings (SSSR count). The topological polar surface area (TPSA) is 41.1 Å². The minimum absolute atomic E-state index is 0.0595. The maximum Gasteiger partial charge on any atom is 0.315 e. The second kappa shape index (κ2) is 7.85. The van der Waals surface area contributed by atoms with Crippen molar-refractivity contribution in [1.82, 2.24) is 10.6 Å². The van der Waals surface area contributed by atoms with Crippen LogP contribution < -0.4 is 10.6 Å². The maximum atomic E-state index is 11.9. The SMILES string of the molecule is Cc1ccccc1CCNC(=O)NC(C)c1ccc(Cl)cc1. The molecule has 2 aromatic carbocycles. The summed E-state index contributed by atoms with van der Waals surface area (Å²) in [5.41, 5.74) is 3.53. The monoisotopic (exact) mass is 316 g/mol. The normalized spacial score (nSPS) is 11.8. The van der Waals surface area contributed by atoms with Crippen molar-refractivity contribution in [2.75, 3.05) is 6.54 Å². The highest BCUT2D eigenvalue weighted by atomic mass is 35.5. The Morgan fingerprint density at radius 2 is 1.82 bits per heavy atom. The van der Waals surface area contributed by atoms with Crippen molar-refractivity contribution in [2.24, 2.45) is 0 Å². The van der Waals surface area contributed by atoms with Crippen molar-refractivity contribution in [3.8, 4) is 0 Å². The summed E-state index contributed by atoms with van der Waals surface area (Å²) in [6.45, 7) is 4.65. The van der Waals surface area contributed by atoms with Crippen LogP contribution in [0.15, 0.2) is 48.5 Å². The first kappa shape index (κ1) is 16.4. The Kier molecular flexibility index (Phi) is 5.84. The van der Waals surface area contributed by atoms with E-state index in [9.17, 15) is 4.79 Å². The zero-order valence-corrected chi connectivity index (χ0v) is 13.7. The first-order valence-electron chi connectivity index (χ1n) is 7.40. The van der Waals surface area contributed by atoms with Gasteiger partial charge in [0.05, 0.1) is 6.04 Å². The highest BCUT2D eigenvalue weighted by Gasteiger charge is 2.09. The summed E-state index contributed by atoms with van der Waals surface area (Å²) < 4.78 is 0. The number of aryl methyl sites for hydroxylation is 1. The highest BCUT2D eigenvalue weighted by Crippen LogP contribution is 2.15. The summed E-state index contributed by atoms with van der Waals surface area (Å²) in [4.78, 5) is 11.9. The Bertz CT molecular complexity index is 625. The van der Waals surface area contributed by atoms with E-state index in [0.717, 1.165) is 12.0 Å². The van der Waals surface area contributed by atoms with E-state index in [1.807, 2.05) is 43.3 Å². The molecule has 22 heavy (non-hydrogen) atoms. The van der Waals surface area contributed by atoms with Crippen LogP contribution in [0.2, 0.25) is 5.02 Å². The van der Waals surface area contributed by atoms with Crippen LogP contribution in [-0.4, -0.2) is 12.6 Å². The molecule has 2 N–H and O–H groups in total. The second-order valence-corrected chi connectivity index (χ2v) is 5.79. The van der Waals surface area contributed by atoms with E-state index in [4.69, 9.17) is 11.6 Å². The van der Waals surface area contributed by atoms with E-state index in [-0.39, 0.29) is 12.1 Å². The Morgan fingerprint density at radius 3 is 2.50 bits per heavy atom. The molecule has 0 aliphatic heterocycles. The van der Waals surface area contributed by atoms with Crippen molar-refractivity contribution in [3.05, 3.63) is 70.2 Å². The molecule has 2 amide bonds. The summed E-state index contributed by atoms with van der Waals surface area (Å²) in [5.74, 6) is 0. The fraction of sp³-hybridized carbons (Fsp3) is 0.278. The Balaban J connectivity index is 1.78. The summed E-state index contributed by atoms with van der Waals surface area (Å²) >= 11 is 5.86. The number of benzene rings is 2. The summed E-state index contributed by atoms with van der Waals surface area (Å²) in [6, 6.07) is 15.5. The third-order valence-corrected chi connectivity index (χ3v) is 3.91. The lowest BCUT2D eigenvalue weighted by Crippen LogP contribution is -2.38. The standard InChI is InChI=1S/C18H21ClN2O/c1-13-5-3-4-6-15(13)11-12-20-18(22)21-14(2)16-7-9-17(19)10-8-16/h3-10,14H,11-12H2,1-2H3,(H2,20,21,22). The first-order chi connectivity index (χ1) is 10.6. The largest absolute Gasteiger partial charge is 0.338 e. The van der Waals surface area contributed by atoms with Gasteiger partial charge >= 0.3 is 6.03 Å². The molecule has 0 spiro atoms. The van der Waals surface area contributed by atoms with Gasteiger partial charge in [-0.15, -0.1) is 0 Å². The van der Waals surface area contributed by atoms with Crippen molar-refractivity contribution >= 4 is 17.6 Å². The van der Waals surface area contributed by atoms with Crippen molar-refractivity contribution in [2.45, 2.75) is 26.3 Å². The van der Waals surface area contributed by atoms with Crippen LogP contribution in [0.4, 0.5) is 4.79 Å². The smallest absolute Gasteiger partial charge is 0.315 e. The van der Waals surface area contributed by atoms with Crippen LogP contribution >= 0.6 is 11.6 Å². The van der Waals surface area contributed by atoms with E-state index in [1.165, 1.54) is 11.1 Å². The predicted molar refractivity (Wildman–Crippen MR) is 91.3 cm³/mol. The number of carbonyl (C=O) groups is 1. The van der Waals surface area contributed by atoms with E-state index in [1.54, 1.807) is 0 Å². The molecular weight excluding hydrogens is 296 g/mol. The van der Waals surface area contributed by atoms with Gasteiger partial charge in [0.25, 0.3) is 0 Å². The molecule has 4 heteroatoms. The van der Waals surface area contributed by atoms with Gasteiger partial charge in [0, 0.05) is 11.6 Å². The van der Waals surface area contributed by atoms with Gasteiger partial charge in [-0.3, -0.25) is 0 Å². The number of carbonyl (C=O) groups excluding carboxylic acids is 1. The molecule has 0 radical (unpaired) electrons. The van der Waals surface area contributed by atoms with Crippen LogP contribution in [0.3, 0.4) is 0 Å². The lowest BCUT2D eigenvalue weighted by Gasteiger charge is -2.15. The molecule has 116 valence electrons. The van der Waals surface area contributed by atoms with Gasteiger partial charge in [-0.2, -0.15) is 0 Å². The number of halogens is 1. The van der Waals surface area contributed by atoms with Crippen LogP contribution in [0.5, 0.6) is 0 Å². The molecule has 0 saturated heterocycles. The lowest BCUT2D eigenvalue weighted by atomic mass is 10.1. The van der Waals surface area contributed by atoms with E-state index < -0.39 is 0 Å². The van der Waals surface area contributed by atoms with Gasteiger partial charge in [0.2, 0.25) is 0 Å². The third-order valence-electron chi connectivity index (χ3n) is 3.66. The predicted octanol–water partition coefficient (Wildman–Crippen LogP) is 4.25. The number of nitrogens with one attached hydrogen (secondary N) is 2. The van der Waals surface area contributed by atoms with Gasteiger partial charge in [-0.05, 0) is 49.1 Å². The fourth-order valence-corrected chi connectivity index (χ4v) is 2.41. The Morgan fingerprint density at radius 1 is 1.14 bits per heavy atom. The van der Waals surface area contributed by atoms with Gasteiger partial charge in [-0.1, -0.05) is 48.0 Å². The number of hydrogen-bond donors (Lipinski definition) is 2. The van der Waals surface area contributed by atoms with Gasteiger partial charge in [0.1, 0.15) is 0 Å². The fourth-order valence-electron chi connectivity index (χ4n) is 2.28. The van der Waals surface area contributed by atoms with Crippen LogP contribution in [0.1, 0.15) is 29.7 Å². The molecule has 3 nitrogen and oxygen atoms in total. The minimum atomic E-state index is -0.156. The molecule has 0 aromatic heterocycles. The molecule has 0 saturated carbocycles. The average Bonchev–Trinajstić information content (AvgIpc) is 2.50. The van der Waals surface area contributed by atoms with E-state index in [2.05, 4.69) is 29.7 Å². The molecular formula is C18H21ClN2O. The number of urea groups is 1. The van der Waals surface area contributed by atoms with Gasteiger partial charge in [0.15, 0.2) is 0 Å². The molecule has 0 bridgehead atoms. The number of rotatable bonds is 5. The van der Waals surface area contributed by atoms with Crippen molar-refractivity contribution in [1.29, 1.82) is 0 Å². The Hall–Kier alpha value is -2.00. The number of hydrogen-bond acceptors (Lipinski definition) is 1. The third kappa shape index (κ3) is 4.78. The zero-order chi connectivity index (χ0) is 15.9. The van der Waals surface area contributed by atoms with Crippen molar-refractivity contribution < 1.29 is 4.79 Å². The summed E-state index contributed by atoms with van der Waals surface area (Å²) in [7, 11) is 0. The highest BCUT2D eigenvalue weighted by molar-refractivity contribution is 6.30. The van der Waals surface area contributed by atoms with Crippen molar-refractivity contribution in [3.63, 3.8) is 0 Å². The van der Waals surface area contributed by atoms with E-state index >= 15 is 0 Å². The average molecular weight is 317 g/mol. The lowest BCUT2D eigenvalue weighted by molar-refractivity contribution is 0.238. The summed E-state index contributed by atoms with van der Waals surface area (Å²) in [6.07, 6.45) is 0.829. The molecule has 1 unspecified atom stereocenters. The Labute approximate surface area is 136 Å². The number of amides is 2. The maximum absolute atomic E-state index is 11.9. The second-order valence-electron chi connectivity index (χ2n) is 5.35. The molecule has 0 heterocycles. The van der Waals surface area contributed by atoms with Gasteiger partial charge in [-0.25, -0.2) is 4.79 Å². The molecule has 2 aromatic rings. The molecule has 0 aliphatic rings. The zero-order valence-electron chi connectivity index (χ0n) is 12.9. The van der Waals surface area contributed by atoms with Crippen LogP contribution in [0.25, 0.3) is 0 Å². The quantitative estimate of drug-likeness (QED) is 0.850. The molecule has 0 aliphatic carbocycles.